The van der Waals surface area contributed by atoms with Crippen LogP contribution >= 0.6 is 0 Å². The van der Waals surface area contributed by atoms with Crippen LogP contribution in [0.2, 0.25) is 98.2 Å². The molecule has 0 bridgehead atoms. The summed E-state index contributed by atoms with van der Waals surface area (Å²) in [5.74, 6) is 0. The fourth-order valence-electron chi connectivity index (χ4n) is 4.53. The highest BCUT2D eigenvalue weighted by atomic mass is 28.5. The van der Waals surface area contributed by atoms with E-state index in [1.807, 2.05) is 98.2 Å². The van der Waals surface area contributed by atoms with E-state index in [9.17, 15) is 0 Å². The molecule has 0 aromatic heterocycles. The summed E-state index contributed by atoms with van der Waals surface area (Å²) in [6.45, 7) is 30.6. The summed E-state index contributed by atoms with van der Waals surface area (Å²) < 4.78 is 86.6. The molecule has 0 aromatic carbocycles. The van der Waals surface area contributed by atoms with Gasteiger partial charge in [0.1, 0.15) is 0 Å². The number of hydrogen-bond acceptors (Lipinski definition) is 15. The molecular formula is C15H60O15Si15. The molecule has 0 aromatic rings. The lowest BCUT2D eigenvalue weighted by molar-refractivity contribution is 0.293. The second-order valence-electron chi connectivity index (χ2n) is 10.6. The third-order valence-electron chi connectivity index (χ3n) is 5.75. The first-order valence-electron chi connectivity index (χ1n) is 15.7. The van der Waals surface area contributed by atoms with Crippen molar-refractivity contribution in [3.05, 3.63) is 0 Å². The zero-order valence-electron chi connectivity index (χ0n) is 29.8. The molecule has 0 radical (unpaired) electrons. The van der Waals surface area contributed by atoms with Gasteiger partial charge in [0.15, 0.2) is 0 Å². The molecule has 0 saturated carbocycles. The van der Waals surface area contributed by atoms with Crippen LogP contribution in [0.4, 0.5) is 0 Å². The highest BCUT2D eigenvalue weighted by Gasteiger charge is 2.28. The monoisotopic (exact) mass is 900 g/mol. The van der Waals surface area contributed by atoms with E-state index in [1.54, 1.807) is 0 Å². The first-order valence-corrected chi connectivity index (χ1v) is 47.2. The Labute approximate surface area is 297 Å². The van der Waals surface area contributed by atoms with E-state index in [4.69, 9.17) is 61.7 Å². The van der Waals surface area contributed by atoms with Crippen molar-refractivity contribution in [1.29, 1.82) is 0 Å². The maximum Gasteiger partial charge on any atom is 0.300 e. The van der Waals surface area contributed by atoms with E-state index in [2.05, 4.69) is 0 Å². The Bertz CT molecular complexity index is 610. The summed E-state index contributed by atoms with van der Waals surface area (Å²) >= 11 is 0. The average molecular weight is 902 g/mol. The van der Waals surface area contributed by atoms with Crippen molar-refractivity contribution in [3.8, 4) is 0 Å². The summed E-state index contributed by atoms with van der Waals surface area (Å²) in [7, 11) is -23.0. The predicted molar refractivity (Wildman–Crippen MR) is 211 cm³/mol. The zero-order valence-corrected chi connectivity index (χ0v) is 47.1. The second-order valence-corrected chi connectivity index (χ2v) is 43.9. The van der Waals surface area contributed by atoms with Gasteiger partial charge < -0.3 is 61.7 Å². The summed E-state index contributed by atoms with van der Waals surface area (Å²) in [6.07, 6.45) is 0. The lowest BCUT2D eigenvalue weighted by Crippen LogP contribution is -2.44. The molecule has 3 fully saturated rings. The van der Waals surface area contributed by atoms with Crippen LogP contribution in [0.25, 0.3) is 0 Å². The van der Waals surface area contributed by atoms with Gasteiger partial charge in [0.2, 0.25) is 0 Å². The van der Waals surface area contributed by atoms with E-state index >= 15 is 0 Å². The van der Waals surface area contributed by atoms with Crippen LogP contribution in [0.1, 0.15) is 0 Å². The summed E-state index contributed by atoms with van der Waals surface area (Å²) in [5, 5.41) is 0. The first-order chi connectivity index (χ1) is 20.9. The largest absolute Gasteiger partial charge is 0.420 e. The van der Waals surface area contributed by atoms with Crippen LogP contribution in [0, 0.1) is 0 Å². The summed E-state index contributed by atoms with van der Waals surface area (Å²) in [4.78, 5) is 0. The molecule has 3 heterocycles. The minimum atomic E-state index is -1.62. The molecule has 3 rings (SSSR count). The Morgan fingerprint density at radius 3 is 0.222 bits per heavy atom. The van der Waals surface area contributed by atoms with Gasteiger partial charge in [-0.3, -0.25) is 0 Å². The average Bonchev–Trinajstić information content (AvgIpc) is 2.80. The van der Waals surface area contributed by atoms with Crippen LogP contribution in [0.3, 0.4) is 0 Å². The molecular weight excluding hydrogens is 841 g/mol. The van der Waals surface area contributed by atoms with Crippen LogP contribution in [-0.4, -0.2) is 139 Å². The van der Waals surface area contributed by atoms with Gasteiger partial charge in [0.25, 0.3) is 139 Å². The zero-order chi connectivity index (χ0) is 34.3. The third kappa shape index (κ3) is 23.7. The van der Waals surface area contributed by atoms with Crippen LogP contribution in [-0.2, 0) is 61.7 Å². The first kappa shape index (κ1) is 45.7. The van der Waals surface area contributed by atoms with Gasteiger partial charge in [-0.1, -0.05) is 0 Å². The van der Waals surface area contributed by atoms with Crippen molar-refractivity contribution >= 4 is 139 Å². The molecule has 0 N–H and O–H groups in total. The van der Waals surface area contributed by atoms with E-state index in [-0.39, 0.29) is 0 Å². The van der Waals surface area contributed by atoms with E-state index < -0.39 is 139 Å². The fourth-order valence-corrected chi connectivity index (χ4v) is 49.4. The van der Waals surface area contributed by atoms with Crippen molar-refractivity contribution in [2.45, 2.75) is 98.2 Å². The minimum absolute atomic E-state index is 1.42. The fraction of sp³-hybridized carbons (Fsp3) is 1.00. The van der Waals surface area contributed by atoms with Crippen LogP contribution in [0.15, 0.2) is 0 Å². The SMILES string of the molecule is C[SiH]1O[SiH](C)O[SiH](C)O[SiH](C)O1.C[SiH]1O[SiH](C)O[SiH](C)O[SiH](C)O[SiH](C)O1.C[SiH]1O[SiH](C)O[SiH](C)O[SiH](C)O[SiH](C)O[SiH](C)O1. The highest BCUT2D eigenvalue weighted by molar-refractivity contribution is 6.74. The quantitative estimate of drug-likeness (QED) is 0.248. The number of rotatable bonds is 0. The van der Waals surface area contributed by atoms with Gasteiger partial charge in [-0.25, -0.2) is 0 Å². The topological polar surface area (TPSA) is 138 Å². The lowest BCUT2D eigenvalue weighted by Gasteiger charge is -2.29. The van der Waals surface area contributed by atoms with Crippen LogP contribution < -0.4 is 0 Å². The van der Waals surface area contributed by atoms with Gasteiger partial charge in [0, 0.05) is 0 Å². The molecule has 0 unspecified atom stereocenters. The molecule has 30 heteroatoms. The van der Waals surface area contributed by atoms with Crippen molar-refractivity contribution < 1.29 is 61.7 Å². The van der Waals surface area contributed by atoms with E-state index in [0.29, 0.717) is 0 Å². The smallest absolute Gasteiger partial charge is 0.300 e. The van der Waals surface area contributed by atoms with Crippen LogP contribution in [0.5, 0.6) is 0 Å². The molecule has 270 valence electrons. The molecule has 0 spiro atoms. The van der Waals surface area contributed by atoms with Gasteiger partial charge in [0.05, 0.1) is 0 Å². The minimum Gasteiger partial charge on any atom is -0.420 e. The highest BCUT2D eigenvalue weighted by Crippen LogP contribution is 2.09. The maximum absolute atomic E-state index is 5.87. The molecule has 3 aliphatic rings. The van der Waals surface area contributed by atoms with Crippen molar-refractivity contribution in [1.82, 2.24) is 0 Å². The second kappa shape index (κ2) is 24.8. The maximum atomic E-state index is 5.87. The van der Waals surface area contributed by atoms with Crippen molar-refractivity contribution in [3.63, 3.8) is 0 Å². The Balaban J connectivity index is 0.000000344. The van der Waals surface area contributed by atoms with Gasteiger partial charge in [-0.2, -0.15) is 0 Å². The van der Waals surface area contributed by atoms with Gasteiger partial charge in [-0.05, 0) is 98.2 Å². The number of hydrogen-bond donors (Lipinski definition) is 0. The third-order valence-corrected chi connectivity index (χ3v) is 51.7. The molecule has 0 aliphatic carbocycles. The van der Waals surface area contributed by atoms with Crippen molar-refractivity contribution in [2.24, 2.45) is 0 Å². The Hall–Kier alpha value is 2.65. The van der Waals surface area contributed by atoms with E-state index in [0.717, 1.165) is 0 Å². The van der Waals surface area contributed by atoms with E-state index in [1.165, 1.54) is 0 Å². The predicted octanol–water partition coefficient (Wildman–Crippen LogP) is -2.00. The Morgan fingerprint density at radius 1 is 0.133 bits per heavy atom. The Morgan fingerprint density at radius 2 is 0.178 bits per heavy atom. The molecule has 0 amide bonds. The molecule has 3 saturated heterocycles. The van der Waals surface area contributed by atoms with Crippen molar-refractivity contribution in [2.75, 3.05) is 0 Å². The molecule has 45 heavy (non-hydrogen) atoms. The van der Waals surface area contributed by atoms with Gasteiger partial charge >= 0.3 is 0 Å². The Kier molecular flexibility index (Phi) is 25.1. The summed E-state index contributed by atoms with van der Waals surface area (Å²) in [5.41, 5.74) is 0. The lowest BCUT2D eigenvalue weighted by atomic mass is 11.9. The standard InChI is InChI=1S/C6H24O6Si6.C5H20O5Si5.C4H16O4Si4/c1-13-7-14(2)9-16(4)11-18(6)12-17(5)10-15(3)8-13;1-11-6-12(2)8-14(4)10-15(5)9-13(3)7-11;1-9-5-10(2)7-12(4)8-11(3)6-9/h13-18H,1-6H3;11-15H,1-5H3;9-12H,1-4H3. The molecule has 15 nitrogen and oxygen atoms in total. The molecule has 3 aliphatic heterocycles. The summed E-state index contributed by atoms with van der Waals surface area (Å²) in [6, 6.07) is 0. The molecule has 0 atom stereocenters. The normalized spacial score (nSPS) is 45.0. The van der Waals surface area contributed by atoms with Gasteiger partial charge in [-0.15, -0.1) is 0 Å².